The van der Waals surface area contributed by atoms with Gasteiger partial charge in [-0.3, -0.25) is 4.90 Å². The lowest BCUT2D eigenvalue weighted by Gasteiger charge is -2.34. The van der Waals surface area contributed by atoms with E-state index in [1.807, 2.05) is 12.1 Å². The van der Waals surface area contributed by atoms with Crippen LogP contribution in [0.4, 0.5) is 9.52 Å². The highest BCUT2D eigenvalue weighted by molar-refractivity contribution is 7.22. The van der Waals surface area contributed by atoms with Crippen LogP contribution < -0.4 is 19.1 Å². The van der Waals surface area contributed by atoms with Crippen molar-refractivity contribution in [3.8, 4) is 17.2 Å². The fourth-order valence-electron chi connectivity index (χ4n) is 3.65. The van der Waals surface area contributed by atoms with E-state index in [1.165, 1.54) is 6.07 Å². The second kappa shape index (κ2) is 8.42. The van der Waals surface area contributed by atoms with Crippen molar-refractivity contribution in [1.82, 2.24) is 9.88 Å². The van der Waals surface area contributed by atoms with E-state index in [2.05, 4.69) is 14.8 Å². The summed E-state index contributed by atoms with van der Waals surface area (Å²) in [6.45, 7) is 4.32. The molecule has 2 heterocycles. The molecule has 0 atom stereocenters. The van der Waals surface area contributed by atoms with Crippen LogP contribution in [0.3, 0.4) is 0 Å². The summed E-state index contributed by atoms with van der Waals surface area (Å²) in [6.07, 6.45) is 0. The summed E-state index contributed by atoms with van der Waals surface area (Å²) in [7, 11) is 4.88. The van der Waals surface area contributed by atoms with E-state index in [-0.39, 0.29) is 5.82 Å². The number of thiazole rings is 1. The van der Waals surface area contributed by atoms with Crippen molar-refractivity contribution >= 4 is 26.7 Å². The molecule has 4 rings (SSSR count). The number of anilines is 1. The molecule has 0 unspecified atom stereocenters. The van der Waals surface area contributed by atoms with Gasteiger partial charge in [-0.05, 0) is 24.3 Å². The van der Waals surface area contributed by atoms with Gasteiger partial charge in [-0.15, -0.1) is 0 Å². The number of aromatic nitrogens is 1. The van der Waals surface area contributed by atoms with E-state index in [4.69, 9.17) is 14.2 Å². The minimum atomic E-state index is -0.221. The number of hydrogen-bond acceptors (Lipinski definition) is 7. The van der Waals surface area contributed by atoms with Crippen LogP contribution in [0.1, 0.15) is 5.56 Å². The topological polar surface area (TPSA) is 47.1 Å². The first-order chi connectivity index (χ1) is 14.1. The molecule has 8 heteroatoms. The molecule has 29 heavy (non-hydrogen) atoms. The van der Waals surface area contributed by atoms with Gasteiger partial charge in [0.1, 0.15) is 5.82 Å². The van der Waals surface area contributed by atoms with Crippen LogP contribution in [0.5, 0.6) is 17.2 Å². The maximum atomic E-state index is 13.4. The number of fused-ring (bicyclic) bond motifs is 1. The number of halogens is 1. The third-order valence-corrected chi connectivity index (χ3v) is 6.24. The standard InChI is InChI=1S/C21H24FN3O3S/c1-26-17-7-4-14(19(27-2)20(17)28-3)13-24-8-10-25(11-9-24)21-23-16-6-5-15(22)12-18(16)29-21/h4-7,12H,8-11,13H2,1-3H3. The Bertz CT molecular complexity index is 1000. The molecule has 0 saturated carbocycles. The minimum Gasteiger partial charge on any atom is -0.493 e. The van der Waals surface area contributed by atoms with Gasteiger partial charge >= 0.3 is 0 Å². The van der Waals surface area contributed by atoms with Gasteiger partial charge in [0.05, 0.1) is 31.5 Å². The largest absolute Gasteiger partial charge is 0.493 e. The third-order valence-electron chi connectivity index (χ3n) is 5.16. The molecule has 1 saturated heterocycles. The SMILES string of the molecule is COc1ccc(CN2CCN(c3nc4ccc(F)cc4s3)CC2)c(OC)c1OC. The highest BCUT2D eigenvalue weighted by Crippen LogP contribution is 2.40. The van der Waals surface area contributed by atoms with Crippen molar-refractivity contribution in [2.75, 3.05) is 52.4 Å². The third kappa shape index (κ3) is 3.95. The summed E-state index contributed by atoms with van der Waals surface area (Å²) in [4.78, 5) is 9.32. The predicted molar refractivity (Wildman–Crippen MR) is 113 cm³/mol. The quantitative estimate of drug-likeness (QED) is 0.608. The Kier molecular flexibility index (Phi) is 5.73. The first kappa shape index (κ1) is 19.7. The predicted octanol–water partition coefficient (Wildman–Crippen LogP) is 3.78. The summed E-state index contributed by atoms with van der Waals surface area (Å²) < 4.78 is 30.8. The molecule has 3 aromatic rings. The van der Waals surface area contributed by atoms with E-state index < -0.39 is 0 Å². The number of piperazine rings is 1. The normalized spacial score (nSPS) is 15.0. The number of hydrogen-bond donors (Lipinski definition) is 0. The first-order valence-corrected chi connectivity index (χ1v) is 10.3. The lowest BCUT2D eigenvalue weighted by atomic mass is 10.1. The molecular formula is C21H24FN3O3S. The van der Waals surface area contributed by atoms with Gasteiger partial charge in [0.2, 0.25) is 5.75 Å². The fraction of sp³-hybridized carbons (Fsp3) is 0.381. The average molecular weight is 418 g/mol. The van der Waals surface area contributed by atoms with E-state index >= 15 is 0 Å². The Hall–Kier alpha value is -2.58. The number of rotatable bonds is 6. The lowest BCUT2D eigenvalue weighted by Crippen LogP contribution is -2.46. The van der Waals surface area contributed by atoms with Crippen molar-refractivity contribution in [3.05, 3.63) is 41.7 Å². The minimum absolute atomic E-state index is 0.221. The summed E-state index contributed by atoms with van der Waals surface area (Å²) in [5, 5.41) is 0.953. The molecule has 6 nitrogen and oxygen atoms in total. The zero-order chi connectivity index (χ0) is 20.4. The van der Waals surface area contributed by atoms with Gasteiger partial charge in [0.15, 0.2) is 16.6 Å². The molecule has 1 fully saturated rings. The van der Waals surface area contributed by atoms with Crippen LogP contribution in [0.2, 0.25) is 0 Å². The van der Waals surface area contributed by atoms with Gasteiger partial charge in [0.25, 0.3) is 0 Å². The van der Waals surface area contributed by atoms with Crippen molar-refractivity contribution < 1.29 is 18.6 Å². The van der Waals surface area contributed by atoms with Crippen LogP contribution in [0.25, 0.3) is 10.2 Å². The molecule has 0 radical (unpaired) electrons. The maximum Gasteiger partial charge on any atom is 0.203 e. The second-order valence-electron chi connectivity index (χ2n) is 6.87. The van der Waals surface area contributed by atoms with E-state index in [0.29, 0.717) is 17.2 Å². The summed E-state index contributed by atoms with van der Waals surface area (Å²) >= 11 is 1.54. The van der Waals surface area contributed by atoms with Crippen molar-refractivity contribution in [2.45, 2.75) is 6.54 Å². The number of benzene rings is 2. The number of methoxy groups -OCH3 is 3. The lowest BCUT2D eigenvalue weighted by molar-refractivity contribution is 0.243. The Morgan fingerprint density at radius 1 is 0.966 bits per heavy atom. The second-order valence-corrected chi connectivity index (χ2v) is 7.87. The molecular weight excluding hydrogens is 393 g/mol. The Morgan fingerprint density at radius 2 is 1.72 bits per heavy atom. The van der Waals surface area contributed by atoms with E-state index in [1.54, 1.807) is 44.8 Å². The van der Waals surface area contributed by atoms with E-state index in [0.717, 1.165) is 53.6 Å². The highest BCUT2D eigenvalue weighted by Gasteiger charge is 2.23. The van der Waals surface area contributed by atoms with Crippen molar-refractivity contribution in [2.24, 2.45) is 0 Å². The monoisotopic (exact) mass is 417 g/mol. The smallest absolute Gasteiger partial charge is 0.203 e. The van der Waals surface area contributed by atoms with Gasteiger partial charge in [-0.2, -0.15) is 0 Å². The molecule has 1 aliphatic rings. The van der Waals surface area contributed by atoms with Crippen LogP contribution in [0, 0.1) is 5.82 Å². The van der Waals surface area contributed by atoms with Gasteiger partial charge < -0.3 is 19.1 Å². The molecule has 2 aromatic carbocycles. The molecule has 0 N–H and O–H groups in total. The number of ether oxygens (including phenoxy) is 3. The Labute approximate surface area is 173 Å². The van der Waals surface area contributed by atoms with Gasteiger partial charge in [-0.1, -0.05) is 17.4 Å². The van der Waals surface area contributed by atoms with Crippen LogP contribution in [-0.4, -0.2) is 57.4 Å². The molecule has 0 aliphatic carbocycles. The molecule has 0 bridgehead atoms. The van der Waals surface area contributed by atoms with Crippen LogP contribution in [-0.2, 0) is 6.54 Å². The van der Waals surface area contributed by atoms with Crippen molar-refractivity contribution in [1.29, 1.82) is 0 Å². The highest BCUT2D eigenvalue weighted by atomic mass is 32.1. The fourth-order valence-corrected chi connectivity index (χ4v) is 4.69. The average Bonchev–Trinajstić information content (AvgIpc) is 3.16. The van der Waals surface area contributed by atoms with Crippen LogP contribution in [0.15, 0.2) is 30.3 Å². The van der Waals surface area contributed by atoms with Crippen LogP contribution >= 0.6 is 11.3 Å². The molecule has 0 amide bonds. The molecule has 1 aromatic heterocycles. The first-order valence-electron chi connectivity index (χ1n) is 9.44. The number of nitrogens with zero attached hydrogens (tertiary/aromatic N) is 3. The zero-order valence-corrected chi connectivity index (χ0v) is 17.6. The summed E-state index contributed by atoms with van der Waals surface area (Å²) in [5.74, 6) is 1.77. The molecule has 0 spiro atoms. The van der Waals surface area contributed by atoms with Gasteiger partial charge in [0, 0.05) is 38.3 Å². The Morgan fingerprint density at radius 3 is 2.41 bits per heavy atom. The summed E-state index contributed by atoms with van der Waals surface area (Å²) in [6, 6.07) is 8.68. The zero-order valence-electron chi connectivity index (χ0n) is 16.8. The Balaban J connectivity index is 1.44. The molecule has 154 valence electrons. The van der Waals surface area contributed by atoms with Crippen molar-refractivity contribution in [3.63, 3.8) is 0 Å². The maximum absolute atomic E-state index is 13.4. The van der Waals surface area contributed by atoms with E-state index in [9.17, 15) is 4.39 Å². The van der Waals surface area contributed by atoms with Gasteiger partial charge in [-0.25, -0.2) is 9.37 Å². The molecule has 1 aliphatic heterocycles. The summed E-state index contributed by atoms with van der Waals surface area (Å²) in [5.41, 5.74) is 1.91.